The van der Waals surface area contributed by atoms with Crippen LogP contribution < -0.4 is 10.6 Å². The summed E-state index contributed by atoms with van der Waals surface area (Å²) >= 11 is 0. The molecule has 0 aliphatic rings. The number of nitrogens with one attached hydrogen (secondary N) is 2. The Labute approximate surface area is 108 Å². The fourth-order valence-corrected chi connectivity index (χ4v) is 2.23. The van der Waals surface area contributed by atoms with Gasteiger partial charge in [-0.05, 0) is 12.1 Å². The summed E-state index contributed by atoms with van der Waals surface area (Å²) in [5.74, 6) is -0.264. The van der Waals surface area contributed by atoms with E-state index < -0.39 is 9.84 Å². The van der Waals surface area contributed by atoms with Gasteiger partial charge in [0.1, 0.15) is 0 Å². The first-order chi connectivity index (χ1) is 8.30. The molecular weight excluding hydrogens is 252 g/mol. The highest BCUT2D eigenvalue weighted by molar-refractivity contribution is 7.90. The van der Waals surface area contributed by atoms with E-state index >= 15 is 0 Å². The third kappa shape index (κ3) is 4.46. The first-order valence-corrected chi connectivity index (χ1v) is 7.52. The van der Waals surface area contributed by atoms with Crippen molar-refractivity contribution in [2.45, 2.75) is 24.8 Å². The Morgan fingerprint density at radius 3 is 2.44 bits per heavy atom. The summed E-state index contributed by atoms with van der Waals surface area (Å²) < 4.78 is 23.1. The fourth-order valence-electron chi connectivity index (χ4n) is 1.38. The predicted octanol–water partition coefficient (Wildman–Crippen LogP) is 1.03. The lowest BCUT2D eigenvalue weighted by atomic mass is 10.3. The largest absolute Gasteiger partial charge is 0.324 e. The van der Waals surface area contributed by atoms with Crippen LogP contribution in [0.2, 0.25) is 0 Å². The lowest BCUT2D eigenvalue weighted by molar-refractivity contribution is -0.115. The molecule has 2 N–H and O–H groups in total. The quantitative estimate of drug-likeness (QED) is 0.838. The number of carbonyl (C=O) groups is 1. The molecule has 0 spiro atoms. The molecule has 0 radical (unpaired) electrons. The van der Waals surface area contributed by atoms with Crippen molar-refractivity contribution in [1.82, 2.24) is 5.32 Å². The molecule has 5 nitrogen and oxygen atoms in total. The highest BCUT2D eigenvalue weighted by Crippen LogP contribution is 2.20. The topological polar surface area (TPSA) is 75.3 Å². The van der Waals surface area contributed by atoms with Crippen molar-refractivity contribution in [2.75, 3.05) is 18.1 Å². The van der Waals surface area contributed by atoms with Crippen LogP contribution in [0.15, 0.2) is 29.2 Å². The van der Waals surface area contributed by atoms with E-state index in [1.54, 1.807) is 18.2 Å². The van der Waals surface area contributed by atoms with Crippen LogP contribution >= 0.6 is 0 Å². The van der Waals surface area contributed by atoms with Gasteiger partial charge in [-0.2, -0.15) is 0 Å². The summed E-state index contributed by atoms with van der Waals surface area (Å²) in [6, 6.07) is 6.55. The van der Waals surface area contributed by atoms with Crippen LogP contribution in [0.4, 0.5) is 5.69 Å². The van der Waals surface area contributed by atoms with Gasteiger partial charge in [0.2, 0.25) is 5.91 Å². The van der Waals surface area contributed by atoms with Crippen molar-refractivity contribution >= 4 is 21.4 Å². The van der Waals surface area contributed by atoms with E-state index in [-0.39, 0.29) is 23.4 Å². The molecule has 0 saturated heterocycles. The maximum atomic E-state index is 11.6. The Hall–Kier alpha value is -1.40. The smallest absolute Gasteiger partial charge is 0.238 e. The summed E-state index contributed by atoms with van der Waals surface area (Å²) in [6.45, 7) is 4.01. The number of sulfone groups is 1. The zero-order valence-corrected chi connectivity index (χ0v) is 11.5. The third-order valence-electron chi connectivity index (χ3n) is 2.23. The number of hydrogen-bond donors (Lipinski definition) is 2. The van der Waals surface area contributed by atoms with Crippen molar-refractivity contribution in [3.05, 3.63) is 24.3 Å². The second-order valence-electron chi connectivity index (χ2n) is 4.35. The minimum absolute atomic E-state index is 0.128. The maximum absolute atomic E-state index is 11.6. The van der Waals surface area contributed by atoms with E-state index in [0.29, 0.717) is 5.69 Å². The molecule has 1 rings (SSSR count). The number of rotatable bonds is 5. The summed E-state index contributed by atoms with van der Waals surface area (Å²) in [5, 5.41) is 5.55. The number of anilines is 1. The van der Waals surface area contributed by atoms with Crippen LogP contribution in [0, 0.1) is 0 Å². The lowest BCUT2D eigenvalue weighted by Gasteiger charge is -2.11. The van der Waals surface area contributed by atoms with E-state index in [1.807, 2.05) is 13.8 Å². The summed E-state index contributed by atoms with van der Waals surface area (Å²) in [7, 11) is -3.35. The maximum Gasteiger partial charge on any atom is 0.238 e. The standard InChI is InChI=1S/C12H18N2O3S/c1-9(2)13-8-12(15)14-10-6-4-5-7-11(10)18(3,16)17/h4-7,9,13H,8H2,1-3H3,(H,14,15). The van der Waals surface area contributed by atoms with Gasteiger partial charge in [0.15, 0.2) is 9.84 Å². The van der Waals surface area contributed by atoms with Crippen LogP contribution in [0.25, 0.3) is 0 Å². The number of para-hydroxylation sites is 1. The zero-order valence-electron chi connectivity index (χ0n) is 10.7. The van der Waals surface area contributed by atoms with Gasteiger partial charge in [-0.3, -0.25) is 4.79 Å². The highest BCUT2D eigenvalue weighted by atomic mass is 32.2. The van der Waals surface area contributed by atoms with Crippen LogP contribution in [-0.2, 0) is 14.6 Å². The molecule has 0 fully saturated rings. The van der Waals surface area contributed by atoms with Gasteiger partial charge in [0.25, 0.3) is 0 Å². The minimum atomic E-state index is -3.35. The first-order valence-electron chi connectivity index (χ1n) is 5.63. The average molecular weight is 270 g/mol. The third-order valence-corrected chi connectivity index (χ3v) is 3.39. The van der Waals surface area contributed by atoms with Gasteiger partial charge in [0.05, 0.1) is 17.1 Å². The minimum Gasteiger partial charge on any atom is -0.324 e. The summed E-state index contributed by atoms with van der Waals surface area (Å²) in [4.78, 5) is 11.8. The Morgan fingerprint density at radius 2 is 1.89 bits per heavy atom. The van der Waals surface area contributed by atoms with Crippen LogP contribution in [-0.4, -0.2) is 33.2 Å². The second-order valence-corrected chi connectivity index (χ2v) is 6.34. The molecule has 0 bridgehead atoms. The van der Waals surface area contributed by atoms with Gasteiger partial charge >= 0.3 is 0 Å². The molecule has 100 valence electrons. The van der Waals surface area contributed by atoms with Gasteiger partial charge in [-0.15, -0.1) is 0 Å². The average Bonchev–Trinajstić information content (AvgIpc) is 2.25. The number of benzene rings is 1. The molecule has 1 aromatic rings. The molecule has 18 heavy (non-hydrogen) atoms. The van der Waals surface area contributed by atoms with Crippen LogP contribution in [0.3, 0.4) is 0 Å². The fraction of sp³-hybridized carbons (Fsp3) is 0.417. The molecule has 0 unspecified atom stereocenters. The molecule has 0 aromatic heterocycles. The van der Waals surface area contributed by atoms with Gasteiger partial charge in [-0.1, -0.05) is 26.0 Å². The Kier molecular flexibility index (Phi) is 4.86. The highest BCUT2D eigenvalue weighted by Gasteiger charge is 2.14. The number of hydrogen-bond acceptors (Lipinski definition) is 4. The van der Waals surface area contributed by atoms with Crippen molar-refractivity contribution in [3.8, 4) is 0 Å². The molecule has 0 aliphatic heterocycles. The Bertz CT molecular complexity index is 524. The number of amides is 1. The van der Waals surface area contributed by atoms with E-state index in [4.69, 9.17) is 0 Å². The Morgan fingerprint density at radius 1 is 1.28 bits per heavy atom. The first kappa shape index (κ1) is 14.7. The van der Waals surface area contributed by atoms with E-state index in [0.717, 1.165) is 6.26 Å². The molecular formula is C12H18N2O3S. The van der Waals surface area contributed by atoms with Gasteiger partial charge in [-0.25, -0.2) is 8.42 Å². The SMILES string of the molecule is CC(C)NCC(=O)Nc1ccccc1S(C)(=O)=O. The van der Waals surface area contributed by atoms with Crippen molar-refractivity contribution in [2.24, 2.45) is 0 Å². The van der Waals surface area contributed by atoms with E-state index in [1.165, 1.54) is 6.07 Å². The number of carbonyl (C=O) groups excluding carboxylic acids is 1. The Balaban J connectivity index is 2.82. The normalized spacial score (nSPS) is 11.6. The van der Waals surface area contributed by atoms with Crippen molar-refractivity contribution in [3.63, 3.8) is 0 Å². The molecule has 6 heteroatoms. The second kappa shape index (κ2) is 5.97. The van der Waals surface area contributed by atoms with Crippen molar-refractivity contribution < 1.29 is 13.2 Å². The van der Waals surface area contributed by atoms with Gasteiger partial charge < -0.3 is 10.6 Å². The van der Waals surface area contributed by atoms with E-state index in [2.05, 4.69) is 10.6 Å². The molecule has 1 amide bonds. The monoisotopic (exact) mass is 270 g/mol. The van der Waals surface area contributed by atoms with Crippen LogP contribution in [0.5, 0.6) is 0 Å². The van der Waals surface area contributed by atoms with E-state index in [9.17, 15) is 13.2 Å². The lowest BCUT2D eigenvalue weighted by Crippen LogP contribution is -2.32. The molecule has 0 aliphatic carbocycles. The molecule has 0 heterocycles. The molecule has 0 saturated carbocycles. The van der Waals surface area contributed by atoms with Gasteiger partial charge in [0, 0.05) is 12.3 Å². The van der Waals surface area contributed by atoms with Crippen molar-refractivity contribution in [1.29, 1.82) is 0 Å². The van der Waals surface area contributed by atoms with Crippen LogP contribution in [0.1, 0.15) is 13.8 Å². The molecule has 1 aromatic carbocycles. The predicted molar refractivity (Wildman–Crippen MR) is 71.3 cm³/mol. The zero-order chi connectivity index (χ0) is 13.8. The summed E-state index contributed by atoms with van der Waals surface area (Å²) in [5.41, 5.74) is 0.315. The summed E-state index contributed by atoms with van der Waals surface area (Å²) in [6.07, 6.45) is 1.12. The molecule has 0 atom stereocenters.